The minimum Gasteiger partial charge on any atom is -0.467 e. The summed E-state index contributed by atoms with van der Waals surface area (Å²) in [6, 6.07) is -1.14. The molecular formula is C12H17N3O6. The Morgan fingerprint density at radius 3 is 2.52 bits per heavy atom. The van der Waals surface area contributed by atoms with Gasteiger partial charge in [-0.3, -0.25) is 14.6 Å². The summed E-state index contributed by atoms with van der Waals surface area (Å²) in [7, 11) is 1.14. The van der Waals surface area contributed by atoms with Gasteiger partial charge in [0.05, 0.1) is 13.7 Å². The Morgan fingerprint density at radius 2 is 2.00 bits per heavy atom. The number of H-pyrrole nitrogens is 2. The number of methoxy groups -OCH3 is 1. The molecule has 1 amide bonds. The number of rotatable bonds is 6. The number of ether oxygens (including phenoxy) is 1. The first kappa shape index (κ1) is 16.6. The van der Waals surface area contributed by atoms with E-state index in [1.165, 1.54) is 0 Å². The van der Waals surface area contributed by atoms with Gasteiger partial charge in [-0.25, -0.2) is 9.59 Å². The molecule has 9 nitrogen and oxygen atoms in total. The van der Waals surface area contributed by atoms with Crippen molar-refractivity contribution in [1.29, 1.82) is 0 Å². The fraction of sp³-hybridized carbons (Fsp3) is 0.500. The zero-order valence-electron chi connectivity index (χ0n) is 11.7. The van der Waals surface area contributed by atoms with Gasteiger partial charge >= 0.3 is 11.7 Å². The van der Waals surface area contributed by atoms with Gasteiger partial charge in [-0.2, -0.15) is 0 Å². The first-order valence-electron chi connectivity index (χ1n) is 6.19. The molecule has 0 aliphatic heterocycles. The highest BCUT2D eigenvalue weighted by atomic mass is 16.5. The topological polar surface area (TPSA) is 141 Å². The molecule has 116 valence electrons. The molecule has 0 saturated carbocycles. The van der Waals surface area contributed by atoms with Gasteiger partial charge in [0.15, 0.2) is 6.04 Å². The van der Waals surface area contributed by atoms with Crippen molar-refractivity contribution in [3.8, 4) is 0 Å². The molecule has 0 aliphatic rings. The largest absolute Gasteiger partial charge is 0.467 e. The van der Waals surface area contributed by atoms with E-state index in [1.807, 2.05) is 0 Å². The second-order valence-electron chi connectivity index (χ2n) is 4.34. The van der Waals surface area contributed by atoms with Crippen LogP contribution in [0.15, 0.2) is 9.59 Å². The number of carbonyl (C=O) groups is 2. The summed E-state index contributed by atoms with van der Waals surface area (Å²) in [5, 5.41) is 11.3. The lowest BCUT2D eigenvalue weighted by molar-refractivity contribution is -0.146. The molecule has 1 aromatic heterocycles. The van der Waals surface area contributed by atoms with Crippen LogP contribution >= 0.6 is 0 Å². The van der Waals surface area contributed by atoms with Crippen LogP contribution in [0.4, 0.5) is 0 Å². The zero-order valence-corrected chi connectivity index (χ0v) is 11.7. The molecule has 0 bridgehead atoms. The monoisotopic (exact) mass is 299 g/mol. The van der Waals surface area contributed by atoms with Crippen molar-refractivity contribution in [3.05, 3.63) is 32.1 Å². The number of hydrogen-bond acceptors (Lipinski definition) is 6. The van der Waals surface area contributed by atoms with Crippen molar-refractivity contribution in [1.82, 2.24) is 15.3 Å². The number of nitrogens with one attached hydrogen (secondary N) is 3. The second-order valence-corrected chi connectivity index (χ2v) is 4.34. The lowest BCUT2D eigenvalue weighted by Gasteiger charge is -2.13. The summed E-state index contributed by atoms with van der Waals surface area (Å²) in [6.45, 7) is 0.964. The van der Waals surface area contributed by atoms with Crippen molar-refractivity contribution >= 4 is 11.9 Å². The fourth-order valence-corrected chi connectivity index (χ4v) is 1.75. The highest BCUT2D eigenvalue weighted by Crippen LogP contribution is 2.00. The molecule has 21 heavy (non-hydrogen) atoms. The molecule has 1 atom stereocenters. The van der Waals surface area contributed by atoms with Crippen LogP contribution in [-0.2, 0) is 20.7 Å². The molecule has 4 N–H and O–H groups in total. The van der Waals surface area contributed by atoms with E-state index in [0.717, 1.165) is 7.11 Å². The summed E-state index contributed by atoms with van der Waals surface area (Å²) >= 11 is 0. The van der Waals surface area contributed by atoms with Gasteiger partial charge in [0.2, 0.25) is 5.91 Å². The molecule has 1 aromatic rings. The number of aromatic amines is 2. The summed E-state index contributed by atoms with van der Waals surface area (Å²) in [4.78, 5) is 50.0. The minimum absolute atomic E-state index is 0.0799. The van der Waals surface area contributed by atoms with E-state index in [4.69, 9.17) is 5.11 Å². The van der Waals surface area contributed by atoms with Gasteiger partial charge in [-0.1, -0.05) is 0 Å². The predicted molar refractivity (Wildman–Crippen MR) is 71.8 cm³/mol. The molecular weight excluding hydrogens is 282 g/mol. The zero-order chi connectivity index (χ0) is 16.0. The van der Waals surface area contributed by atoms with Crippen LogP contribution in [-0.4, -0.2) is 46.7 Å². The Morgan fingerprint density at radius 1 is 1.33 bits per heavy atom. The maximum absolute atomic E-state index is 11.7. The van der Waals surface area contributed by atoms with E-state index in [2.05, 4.69) is 20.0 Å². The van der Waals surface area contributed by atoms with Crippen molar-refractivity contribution in [3.63, 3.8) is 0 Å². The average Bonchev–Trinajstić information content (AvgIpc) is 2.42. The van der Waals surface area contributed by atoms with Gasteiger partial charge in [-0.15, -0.1) is 0 Å². The van der Waals surface area contributed by atoms with Crippen LogP contribution in [0.25, 0.3) is 0 Å². The molecule has 0 aliphatic carbocycles. The van der Waals surface area contributed by atoms with E-state index in [9.17, 15) is 19.2 Å². The third-order valence-electron chi connectivity index (χ3n) is 2.86. The molecule has 0 spiro atoms. The molecule has 0 saturated heterocycles. The Balaban J connectivity index is 2.68. The summed E-state index contributed by atoms with van der Waals surface area (Å²) < 4.78 is 4.41. The van der Waals surface area contributed by atoms with Crippen LogP contribution in [0.2, 0.25) is 0 Å². The average molecular weight is 299 g/mol. The van der Waals surface area contributed by atoms with E-state index >= 15 is 0 Å². The molecule has 0 radical (unpaired) electrons. The van der Waals surface area contributed by atoms with Crippen molar-refractivity contribution < 1.29 is 19.4 Å². The lowest BCUT2D eigenvalue weighted by Crippen LogP contribution is -2.44. The maximum Gasteiger partial charge on any atom is 0.330 e. The summed E-state index contributed by atoms with van der Waals surface area (Å²) in [6.07, 6.45) is 0.00651. The SMILES string of the molecule is COC(=O)C(CO)NC(=O)CCc1c(C)[nH]c(=O)[nH]c1=O. The first-order chi connectivity index (χ1) is 9.88. The number of aromatic nitrogens is 2. The molecule has 1 rings (SSSR count). The Hall–Kier alpha value is -2.42. The van der Waals surface area contributed by atoms with E-state index in [1.54, 1.807) is 6.92 Å². The number of amides is 1. The third-order valence-corrected chi connectivity index (χ3v) is 2.86. The standard InChI is InChI=1S/C12H17N3O6/c1-6-7(10(18)15-12(20)13-6)3-4-9(17)14-8(5-16)11(19)21-2/h8,16H,3-5H2,1-2H3,(H,14,17)(H2,13,15,18,20). The molecule has 1 unspecified atom stereocenters. The summed E-state index contributed by atoms with van der Waals surface area (Å²) in [5.41, 5.74) is -0.515. The van der Waals surface area contributed by atoms with Crippen molar-refractivity contribution in [2.24, 2.45) is 0 Å². The van der Waals surface area contributed by atoms with E-state index < -0.39 is 35.8 Å². The number of hydrogen-bond donors (Lipinski definition) is 4. The predicted octanol–water partition coefficient (Wildman–Crippen LogP) is -2.05. The van der Waals surface area contributed by atoms with Gasteiger partial charge < -0.3 is 20.1 Å². The van der Waals surface area contributed by atoms with Gasteiger partial charge in [0.1, 0.15) is 0 Å². The lowest BCUT2D eigenvalue weighted by atomic mass is 10.1. The number of carbonyl (C=O) groups excluding carboxylic acids is 2. The molecule has 1 heterocycles. The Labute approximate surface area is 119 Å². The number of aryl methyl sites for hydroxylation is 1. The molecule has 9 heteroatoms. The van der Waals surface area contributed by atoms with Gasteiger partial charge in [-0.05, 0) is 13.3 Å². The smallest absolute Gasteiger partial charge is 0.330 e. The number of aliphatic hydroxyl groups excluding tert-OH is 1. The second kappa shape index (κ2) is 7.39. The first-order valence-corrected chi connectivity index (χ1v) is 6.19. The number of aliphatic hydroxyl groups is 1. The van der Waals surface area contributed by atoms with Gasteiger partial charge in [0.25, 0.3) is 5.56 Å². The van der Waals surface area contributed by atoms with E-state index in [0.29, 0.717) is 5.69 Å². The maximum atomic E-state index is 11.7. The van der Waals surface area contributed by atoms with Crippen molar-refractivity contribution in [2.45, 2.75) is 25.8 Å². The Kier molecular flexibility index (Phi) is 5.85. The number of esters is 1. The van der Waals surface area contributed by atoms with Gasteiger partial charge in [0, 0.05) is 17.7 Å². The molecule has 0 aromatic carbocycles. The van der Waals surface area contributed by atoms with Crippen LogP contribution in [0, 0.1) is 6.92 Å². The van der Waals surface area contributed by atoms with E-state index in [-0.39, 0.29) is 18.4 Å². The third kappa shape index (κ3) is 4.56. The van der Waals surface area contributed by atoms with Crippen LogP contribution in [0.3, 0.4) is 0 Å². The van der Waals surface area contributed by atoms with Crippen LogP contribution in [0.5, 0.6) is 0 Å². The summed E-state index contributed by atoms with van der Waals surface area (Å²) in [5.74, 6) is -1.28. The Bertz CT molecular complexity index is 633. The minimum atomic E-state index is -1.14. The van der Waals surface area contributed by atoms with Crippen LogP contribution < -0.4 is 16.6 Å². The quantitative estimate of drug-likeness (QED) is 0.446. The fourth-order valence-electron chi connectivity index (χ4n) is 1.75. The molecule has 0 fully saturated rings. The normalized spacial score (nSPS) is 11.8. The van der Waals surface area contributed by atoms with Crippen LogP contribution in [0.1, 0.15) is 17.7 Å². The highest BCUT2D eigenvalue weighted by molar-refractivity contribution is 5.84. The van der Waals surface area contributed by atoms with Crippen molar-refractivity contribution in [2.75, 3.05) is 13.7 Å². The highest BCUT2D eigenvalue weighted by Gasteiger charge is 2.20.